The van der Waals surface area contributed by atoms with Crippen LogP contribution in [0.5, 0.6) is 0 Å². The first kappa shape index (κ1) is 22.8. The minimum absolute atomic E-state index is 0.0295. The lowest BCUT2D eigenvalue weighted by molar-refractivity contribution is -0.139. The van der Waals surface area contributed by atoms with Gasteiger partial charge >= 0.3 is 12.1 Å². The first-order valence-electron chi connectivity index (χ1n) is 11.3. The molecule has 0 aromatic heterocycles. The number of aliphatic carboxylic acids is 1. The zero-order chi connectivity index (χ0) is 23.1. The summed E-state index contributed by atoms with van der Waals surface area (Å²) in [5, 5.41) is 9.37. The summed E-state index contributed by atoms with van der Waals surface area (Å²) in [6.45, 7) is 5.02. The van der Waals surface area contributed by atoms with Crippen molar-refractivity contribution < 1.29 is 23.1 Å². The van der Waals surface area contributed by atoms with Gasteiger partial charge in [-0.15, -0.1) is 0 Å². The summed E-state index contributed by atoms with van der Waals surface area (Å²) >= 11 is 0. The number of fused-ring (bicyclic) bond motifs is 2. The third kappa shape index (κ3) is 4.42. The van der Waals surface area contributed by atoms with Crippen molar-refractivity contribution in [1.82, 2.24) is 4.90 Å². The lowest BCUT2D eigenvalue weighted by Crippen LogP contribution is -2.50. The summed E-state index contributed by atoms with van der Waals surface area (Å²) < 4.78 is 39.4. The van der Waals surface area contributed by atoms with Crippen LogP contribution in [0.15, 0.2) is 48.5 Å². The molecule has 2 saturated heterocycles. The summed E-state index contributed by atoms with van der Waals surface area (Å²) in [5.41, 5.74) is 2.23. The third-order valence-electron chi connectivity index (χ3n) is 7.33. The standard InChI is InChI=1S/C26H30F3NO2/c1-17(2)20-5-3-18(4-6-20)16-30-23-11-12-25(30,15-19(13-23)14-24(31)32)21-7-9-22(10-8-21)26(27,28)29/h3-10,17,19,23H,11-16H2,1-2H3,(H,31,32)/t19?,23-,25+/m1/s1. The van der Waals surface area contributed by atoms with Gasteiger partial charge in [0.05, 0.1) is 5.56 Å². The van der Waals surface area contributed by atoms with Gasteiger partial charge in [-0.05, 0) is 66.3 Å². The fourth-order valence-electron chi connectivity index (χ4n) is 5.75. The van der Waals surface area contributed by atoms with Crippen molar-refractivity contribution in [1.29, 1.82) is 0 Å². The molecule has 2 aromatic carbocycles. The minimum atomic E-state index is -4.37. The molecule has 0 aliphatic carbocycles. The fourth-order valence-corrected chi connectivity index (χ4v) is 5.75. The molecule has 2 aliphatic rings. The Balaban J connectivity index is 1.67. The van der Waals surface area contributed by atoms with Gasteiger partial charge in [0.25, 0.3) is 0 Å². The number of carbonyl (C=O) groups is 1. The van der Waals surface area contributed by atoms with E-state index in [0.717, 1.165) is 37.0 Å². The number of hydrogen-bond donors (Lipinski definition) is 1. The van der Waals surface area contributed by atoms with Crippen LogP contribution in [0.4, 0.5) is 13.2 Å². The van der Waals surface area contributed by atoms with Gasteiger partial charge in [-0.1, -0.05) is 50.2 Å². The summed E-state index contributed by atoms with van der Waals surface area (Å²) in [6.07, 6.45) is -1.02. The predicted molar refractivity (Wildman–Crippen MR) is 117 cm³/mol. The average Bonchev–Trinajstić information content (AvgIpc) is 2.93. The second-order valence-electron chi connectivity index (χ2n) is 9.73. The molecule has 6 heteroatoms. The molecule has 2 aromatic rings. The van der Waals surface area contributed by atoms with Gasteiger partial charge in [0.15, 0.2) is 0 Å². The van der Waals surface area contributed by atoms with E-state index < -0.39 is 23.2 Å². The quantitative estimate of drug-likeness (QED) is 0.546. The maximum atomic E-state index is 13.1. The Morgan fingerprint density at radius 1 is 1.12 bits per heavy atom. The maximum Gasteiger partial charge on any atom is 0.416 e. The van der Waals surface area contributed by atoms with Crippen molar-refractivity contribution in [3.05, 3.63) is 70.8 Å². The molecule has 0 spiro atoms. The van der Waals surface area contributed by atoms with Crippen LogP contribution in [0.2, 0.25) is 0 Å². The monoisotopic (exact) mass is 445 g/mol. The number of nitrogens with zero attached hydrogens (tertiary/aromatic N) is 1. The number of rotatable bonds is 6. The molecule has 2 fully saturated rings. The summed E-state index contributed by atoms with van der Waals surface area (Å²) in [5.74, 6) is -0.331. The van der Waals surface area contributed by atoms with Gasteiger partial charge < -0.3 is 5.11 Å². The zero-order valence-corrected chi connectivity index (χ0v) is 18.5. The van der Waals surface area contributed by atoms with Crippen molar-refractivity contribution in [3.8, 4) is 0 Å². The number of alkyl halides is 3. The summed E-state index contributed by atoms with van der Waals surface area (Å²) in [7, 11) is 0. The number of benzene rings is 2. The van der Waals surface area contributed by atoms with E-state index in [1.807, 2.05) is 0 Å². The lowest BCUT2D eigenvalue weighted by atomic mass is 9.75. The molecule has 4 rings (SSSR count). The SMILES string of the molecule is CC(C)c1ccc(CN2[C@@H]3CC[C@@]2(c2ccc(C(F)(F)F)cc2)CC(CC(=O)O)C3)cc1. The van der Waals surface area contributed by atoms with Crippen molar-refractivity contribution >= 4 is 5.97 Å². The van der Waals surface area contributed by atoms with Gasteiger partial charge in [0.1, 0.15) is 0 Å². The Kier molecular flexibility index (Phi) is 6.10. The molecule has 172 valence electrons. The van der Waals surface area contributed by atoms with Gasteiger partial charge in [-0.3, -0.25) is 9.69 Å². The van der Waals surface area contributed by atoms with Crippen LogP contribution in [-0.4, -0.2) is 22.0 Å². The van der Waals surface area contributed by atoms with Crippen molar-refractivity contribution in [2.75, 3.05) is 0 Å². The highest BCUT2D eigenvalue weighted by atomic mass is 19.4. The molecule has 3 nitrogen and oxygen atoms in total. The van der Waals surface area contributed by atoms with E-state index in [2.05, 4.69) is 43.0 Å². The summed E-state index contributed by atoms with van der Waals surface area (Å²) in [4.78, 5) is 13.8. The molecular weight excluding hydrogens is 415 g/mol. The molecule has 3 atom stereocenters. The molecule has 0 radical (unpaired) electrons. The molecule has 0 saturated carbocycles. The van der Waals surface area contributed by atoms with E-state index >= 15 is 0 Å². The average molecular weight is 446 g/mol. The zero-order valence-electron chi connectivity index (χ0n) is 18.5. The van der Waals surface area contributed by atoms with Crippen LogP contribution in [0.25, 0.3) is 0 Å². The Bertz CT molecular complexity index is 953. The van der Waals surface area contributed by atoms with Crippen LogP contribution in [-0.2, 0) is 23.1 Å². The second kappa shape index (κ2) is 8.54. The van der Waals surface area contributed by atoms with Crippen LogP contribution in [0.1, 0.15) is 74.1 Å². The van der Waals surface area contributed by atoms with Crippen LogP contribution in [0, 0.1) is 5.92 Å². The smallest absolute Gasteiger partial charge is 0.416 e. The van der Waals surface area contributed by atoms with Crippen LogP contribution < -0.4 is 0 Å². The highest BCUT2D eigenvalue weighted by Crippen LogP contribution is 2.54. The Morgan fingerprint density at radius 3 is 2.34 bits per heavy atom. The summed E-state index contributed by atoms with van der Waals surface area (Å²) in [6, 6.07) is 14.3. The molecule has 2 heterocycles. The number of carboxylic acids is 1. The highest BCUT2D eigenvalue weighted by molar-refractivity contribution is 5.67. The number of carboxylic acid groups (broad SMARTS) is 1. The predicted octanol–water partition coefficient (Wildman–Crippen LogP) is 6.57. The van der Waals surface area contributed by atoms with Crippen molar-refractivity contribution in [2.45, 2.75) is 76.2 Å². The van der Waals surface area contributed by atoms with E-state index in [9.17, 15) is 23.1 Å². The molecule has 1 N–H and O–H groups in total. The first-order valence-corrected chi connectivity index (χ1v) is 11.3. The van der Waals surface area contributed by atoms with Gasteiger partial charge in [0.2, 0.25) is 0 Å². The normalized spacial score (nSPS) is 25.9. The largest absolute Gasteiger partial charge is 0.481 e. The lowest BCUT2D eigenvalue weighted by Gasteiger charge is -2.48. The molecule has 1 unspecified atom stereocenters. The van der Waals surface area contributed by atoms with Gasteiger partial charge in [0, 0.05) is 24.5 Å². The highest BCUT2D eigenvalue weighted by Gasteiger charge is 2.52. The third-order valence-corrected chi connectivity index (χ3v) is 7.33. The topological polar surface area (TPSA) is 40.5 Å². The fraction of sp³-hybridized carbons (Fsp3) is 0.500. The van der Waals surface area contributed by atoms with Crippen molar-refractivity contribution in [3.63, 3.8) is 0 Å². The maximum absolute atomic E-state index is 13.1. The van der Waals surface area contributed by atoms with Crippen molar-refractivity contribution in [2.24, 2.45) is 5.92 Å². The molecule has 32 heavy (non-hydrogen) atoms. The van der Waals surface area contributed by atoms with Gasteiger partial charge in [-0.25, -0.2) is 0 Å². The van der Waals surface area contributed by atoms with E-state index in [4.69, 9.17) is 0 Å². The molecule has 2 aliphatic heterocycles. The number of halogens is 3. The van der Waals surface area contributed by atoms with E-state index in [-0.39, 0.29) is 18.4 Å². The molecular formula is C26H30F3NO2. The van der Waals surface area contributed by atoms with Gasteiger partial charge in [-0.2, -0.15) is 13.2 Å². The number of hydrogen-bond acceptors (Lipinski definition) is 2. The van der Waals surface area contributed by atoms with E-state index in [1.54, 1.807) is 12.1 Å². The molecule has 0 amide bonds. The van der Waals surface area contributed by atoms with E-state index in [1.165, 1.54) is 11.1 Å². The Labute approximate surface area is 187 Å². The van der Waals surface area contributed by atoms with E-state index in [0.29, 0.717) is 18.9 Å². The first-order chi connectivity index (χ1) is 15.1. The Morgan fingerprint density at radius 2 is 1.78 bits per heavy atom. The molecule has 2 bridgehead atoms. The number of piperidine rings is 1. The van der Waals surface area contributed by atoms with Crippen LogP contribution in [0.3, 0.4) is 0 Å². The Hall–Kier alpha value is -2.34. The second-order valence-corrected chi connectivity index (χ2v) is 9.73. The van der Waals surface area contributed by atoms with Crippen LogP contribution >= 0.6 is 0 Å². The minimum Gasteiger partial charge on any atom is -0.481 e.